The summed E-state index contributed by atoms with van der Waals surface area (Å²) in [6, 6.07) is 0. The van der Waals surface area contributed by atoms with Gasteiger partial charge in [-0.25, -0.2) is 0 Å². The molecule has 0 heterocycles. The van der Waals surface area contributed by atoms with Gasteiger partial charge < -0.3 is 5.11 Å². The van der Waals surface area contributed by atoms with Gasteiger partial charge in [0, 0.05) is 5.41 Å². The standard InChI is InChI=1S/C17H26O3/c1-10(2)8-11(15(19)20)9-12-13-6-7-17(5,14(12)18)16(13,3)4/h9-11,13H,6-8H2,1-5H3,(H,19,20)/b12-9+/t11-,13+,17+/m1/s1. The summed E-state index contributed by atoms with van der Waals surface area (Å²) in [5.41, 5.74) is 0.443. The molecule has 0 unspecified atom stereocenters. The van der Waals surface area contributed by atoms with E-state index >= 15 is 0 Å². The molecule has 2 bridgehead atoms. The number of carboxylic acids is 1. The highest BCUT2D eigenvalue weighted by Crippen LogP contribution is 2.65. The molecular formula is C17H26O3. The number of hydrogen-bond acceptors (Lipinski definition) is 2. The van der Waals surface area contributed by atoms with Crippen molar-refractivity contribution in [2.75, 3.05) is 0 Å². The number of carboxylic acid groups (broad SMARTS) is 1. The number of carbonyl (C=O) groups excluding carboxylic acids is 1. The zero-order valence-electron chi connectivity index (χ0n) is 13.2. The second-order valence-electron chi connectivity index (χ2n) is 7.67. The Bertz CT molecular complexity index is 473. The Hall–Kier alpha value is -1.12. The monoisotopic (exact) mass is 278 g/mol. The molecule has 0 spiro atoms. The van der Waals surface area contributed by atoms with Crippen LogP contribution in [0.25, 0.3) is 0 Å². The van der Waals surface area contributed by atoms with Crippen molar-refractivity contribution < 1.29 is 14.7 Å². The van der Waals surface area contributed by atoms with Crippen LogP contribution < -0.4 is 0 Å². The lowest BCUT2D eigenvalue weighted by Crippen LogP contribution is -2.32. The number of hydrogen-bond donors (Lipinski definition) is 1. The SMILES string of the molecule is CC(C)C[C@H](/C=C1/C(=O)[C@]2(C)CC[C@@H]1C2(C)C)C(=O)O. The van der Waals surface area contributed by atoms with Gasteiger partial charge in [0.05, 0.1) is 5.92 Å². The molecule has 20 heavy (non-hydrogen) atoms. The number of rotatable bonds is 4. The molecule has 2 aliphatic carbocycles. The maximum absolute atomic E-state index is 12.7. The minimum atomic E-state index is -0.815. The maximum atomic E-state index is 12.7. The van der Waals surface area contributed by atoms with Gasteiger partial charge in [0.15, 0.2) is 5.78 Å². The molecule has 0 aromatic carbocycles. The Labute approximate surface area is 121 Å². The molecule has 2 rings (SSSR count). The van der Waals surface area contributed by atoms with Gasteiger partial charge in [-0.05, 0) is 42.1 Å². The Morgan fingerprint density at radius 1 is 1.40 bits per heavy atom. The van der Waals surface area contributed by atoms with Crippen LogP contribution in [0.1, 0.15) is 53.9 Å². The van der Waals surface area contributed by atoms with Crippen LogP contribution in [0.5, 0.6) is 0 Å². The van der Waals surface area contributed by atoms with Crippen LogP contribution in [0.3, 0.4) is 0 Å². The van der Waals surface area contributed by atoms with E-state index < -0.39 is 11.9 Å². The van der Waals surface area contributed by atoms with Gasteiger partial charge in [-0.15, -0.1) is 0 Å². The van der Waals surface area contributed by atoms with Gasteiger partial charge in [-0.2, -0.15) is 0 Å². The first kappa shape index (κ1) is 15.3. The highest BCUT2D eigenvalue weighted by molar-refractivity contribution is 6.05. The predicted octanol–water partition coefficient (Wildman–Crippen LogP) is 3.68. The molecule has 3 nitrogen and oxygen atoms in total. The third-order valence-corrected chi connectivity index (χ3v) is 5.79. The second-order valence-corrected chi connectivity index (χ2v) is 7.67. The minimum absolute atomic E-state index is 0.0448. The molecule has 0 aromatic heterocycles. The topological polar surface area (TPSA) is 54.4 Å². The summed E-state index contributed by atoms with van der Waals surface area (Å²) in [6.07, 6.45) is 4.30. The number of fused-ring (bicyclic) bond motifs is 2. The van der Waals surface area contributed by atoms with Crippen molar-refractivity contribution in [2.45, 2.75) is 53.9 Å². The van der Waals surface area contributed by atoms with Gasteiger partial charge in [-0.1, -0.05) is 40.7 Å². The smallest absolute Gasteiger partial charge is 0.310 e. The summed E-state index contributed by atoms with van der Waals surface area (Å²) in [7, 11) is 0. The van der Waals surface area contributed by atoms with Gasteiger partial charge in [0.2, 0.25) is 0 Å². The molecule has 0 amide bonds. The van der Waals surface area contributed by atoms with Crippen molar-refractivity contribution in [1.29, 1.82) is 0 Å². The van der Waals surface area contributed by atoms with Gasteiger partial charge >= 0.3 is 5.97 Å². The fourth-order valence-corrected chi connectivity index (χ4v) is 4.08. The van der Waals surface area contributed by atoms with Crippen molar-refractivity contribution in [2.24, 2.45) is 28.6 Å². The third-order valence-electron chi connectivity index (χ3n) is 5.79. The summed E-state index contributed by atoms with van der Waals surface area (Å²) in [5.74, 6) is -0.620. The van der Waals surface area contributed by atoms with Crippen LogP contribution in [-0.2, 0) is 9.59 Å². The van der Waals surface area contributed by atoms with E-state index in [1.165, 1.54) is 0 Å². The third kappa shape index (κ3) is 2.02. The van der Waals surface area contributed by atoms with Crippen LogP contribution in [-0.4, -0.2) is 16.9 Å². The van der Waals surface area contributed by atoms with Gasteiger partial charge in [0.25, 0.3) is 0 Å². The Kier molecular flexibility index (Phi) is 3.60. The molecule has 0 aromatic rings. The van der Waals surface area contributed by atoms with E-state index in [1.807, 2.05) is 20.8 Å². The summed E-state index contributed by atoms with van der Waals surface area (Å²) in [5, 5.41) is 9.38. The van der Waals surface area contributed by atoms with Crippen LogP contribution in [0.4, 0.5) is 0 Å². The van der Waals surface area contributed by atoms with E-state index in [-0.39, 0.29) is 22.5 Å². The van der Waals surface area contributed by atoms with E-state index in [9.17, 15) is 14.7 Å². The lowest BCUT2D eigenvalue weighted by atomic mass is 9.70. The summed E-state index contributed by atoms with van der Waals surface area (Å²) < 4.78 is 0. The Morgan fingerprint density at radius 2 is 2.00 bits per heavy atom. The zero-order valence-corrected chi connectivity index (χ0v) is 13.2. The minimum Gasteiger partial charge on any atom is -0.481 e. The van der Waals surface area contributed by atoms with E-state index in [0.717, 1.165) is 18.4 Å². The number of aliphatic carboxylic acids is 1. The lowest BCUT2D eigenvalue weighted by Gasteiger charge is -2.31. The normalized spacial score (nSPS) is 35.0. The molecule has 0 aliphatic heterocycles. The predicted molar refractivity (Wildman–Crippen MR) is 78.3 cm³/mol. The molecule has 2 fully saturated rings. The summed E-state index contributed by atoms with van der Waals surface area (Å²) >= 11 is 0. The van der Waals surface area contributed by atoms with E-state index in [1.54, 1.807) is 6.08 Å². The fraction of sp³-hybridized carbons (Fsp3) is 0.765. The summed E-state index contributed by atoms with van der Waals surface area (Å²) in [4.78, 5) is 24.1. The first-order valence-electron chi connectivity index (χ1n) is 7.60. The lowest BCUT2D eigenvalue weighted by molar-refractivity contribution is -0.140. The Balaban J connectivity index is 2.36. The molecule has 1 N–H and O–H groups in total. The van der Waals surface area contributed by atoms with Crippen molar-refractivity contribution in [3.05, 3.63) is 11.6 Å². The fourth-order valence-electron chi connectivity index (χ4n) is 4.08. The largest absolute Gasteiger partial charge is 0.481 e. The molecule has 0 saturated heterocycles. The average Bonchev–Trinajstić information content (AvgIpc) is 2.62. The van der Waals surface area contributed by atoms with Crippen LogP contribution >= 0.6 is 0 Å². The highest BCUT2D eigenvalue weighted by Gasteiger charge is 2.63. The second kappa shape index (κ2) is 4.71. The number of Topliss-reactive ketones (excluding diaryl/α,β-unsaturated/α-hetero) is 1. The van der Waals surface area contributed by atoms with Crippen molar-refractivity contribution in [3.63, 3.8) is 0 Å². The molecule has 2 saturated carbocycles. The number of carbonyl (C=O) groups is 2. The molecule has 3 heteroatoms. The zero-order chi connectivity index (χ0) is 15.3. The maximum Gasteiger partial charge on any atom is 0.310 e. The number of allylic oxidation sites excluding steroid dienone is 1. The van der Waals surface area contributed by atoms with Crippen LogP contribution in [0, 0.1) is 28.6 Å². The van der Waals surface area contributed by atoms with Gasteiger partial charge in [-0.3, -0.25) is 9.59 Å². The van der Waals surface area contributed by atoms with Crippen molar-refractivity contribution in [3.8, 4) is 0 Å². The first-order chi connectivity index (χ1) is 9.11. The quantitative estimate of drug-likeness (QED) is 0.798. The molecular weight excluding hydrogens is 252 g/mol. The molecule has 112 valence electrons. The van der Waals surface area contributed by atoms with Crippen LogP contribution in [0.15, 0.2) is 11.6 Å². The Morgan fingerprint density at radius 3 is 2.40 bits per heavy atom. The van der Waals surface area contributed by atoms with Crippen LogP contribution in [0.2, 0.25) is 0 Å². The summed E-state index contributed by atoms with van der Waals surface area (Å²) in [6.45, 7) is 10.4. The van der Waals surface area contributed by atoms with Gasteiger partial charge in [0.1, 0.15) is 0 Å². The van der Waals surface area contributed by atoms with Crippen molar-refractivity contribution in [1.82, 2.24) is 0 Å². The molecule has 3 atom stereocenters. The highest BCUT2D eigenvalue weighted by atomic mass is 16.4. The van der Waals surface area contributed by atoms with Crippen molar-refractivity contribution >= 4 is 11.8 Å². The molecule has 2 aliphatic rings. The van der Waals surface area contributed by atoms with E-state index in [0.29, 0.717) is 12.3 Å². The average molecular weight is 278 g/mol. The molecule has 0 radical (unpaired) electrons. The van der Waals surface area contributed by atoms with E-state index in [4.69, 9.17) is 0 Å². The number of ketones is 1. The first-order valence-corrected chi connectivity index (χ1v) is 7.60. The van der Waals surface area contributed by atoms with E-state index in [2.05, 4.69) is 13.8 Å².